The van der Waals surface area contributed by atoms with Crippen LogP contribution < -0.4 is 5.32 Å². The van der Waals surface area contributed by atoms with Crippen LogP contribution in [0, 0.1) is 5.82 Å². The summed E-state index contributed by atoms with van der Waals surface area (Å²) >= 11 is 5.18. The molecule has 0 aromatic heterocycles. The van der Waals surface area contributed by atoms with E-state index in [1.807, 2.05) is 24.3 Å². The number of nitrogens with zero attached hydrogens (tertiary/aromatic N) is 1. The van der Waals surface area contributed by atoms with Gasteiger partial charge in [-0.15, -0.1) is 11.8 Å². The molecule has 1 amide bonds. The highest BCUT2D eigenvalue weighted by Gasteiger charge is 2.23. The zero-order valence-electron chi connectivity index (χ0n) is 15.6. The van der Waals surface area contributed by atoms with Crippen LogP contribution in [0.15, 0.2) is 57.9 Å². The predicted octanol–water partition coefficient (Wildman–Crippen LogP) is 4.26. The van der Waals surface area contributed by atoms with E-state index in [1.54, 1.807) is 23.9 Å². The first-order valence-electron chi connectivity index (χ1n) is 9.35. The van der Waals surface area contributed by atoms with E-state index < -0.39 is 0 Å². The number of halogens is 2. The van der Waals surface area contributed by atoms with Crippen molar-refractivity contribution in [3.05, 3.63) is 64.4 Å². The molecule has 0 bridgehead atoms. The molecule has 1 N–H and O–H groups in total. The number of thioether (sulfide) groups is 1. The Morgan fingerprint density at radius 1 is 1.18 bits per heavy atom. The van der Waals surface area contributed by atoms with Crippen molar-refractivity contribution in [2.75, 3.05) is 38.6 Å². The zero-order chi connectivity index (χ0) is 19.8. The molecule has 2 aromatic carbocycles. The molecule has 1 saturated heterocycles. The number of morpholine rings is 1. The predicted molar refractivity (Wildman–Crippen MR) is 114 cm³/mol. The minimum atomic E-state index is -0.252. The molecular weight excluding hydrogens is 443 g/mol. The normalized spacial score (nSPS) is 15.9. The highest BCUT2D eigenvalue weighted by Crippen LogP contribution is 2.27. The number of ether oxygens (including phenoxy) is 1. The van der Waals surface area contributed by atoms with Crippen molar-refractivity contribution < 1.29 is 13.9 Å². The van der Waals surface area contributed by atoms with Gasteiger partial charge in [-0.1, -0.05) is 24.3 Å². The molecule has 0 aliphatic carbocycles. The van der Waals surface area contributed by atoms with Gasteiger partial charge in [-0.3, -0.25) is 9.69 Å². The second kappa shape index (κ2) is 11.0. The molecule has 28 heavy (non-hydrogen) atoms. The Labute approximate surface area is 178 Å². The lowest BCUT2D eigenvalue weighted by molar-refractivity contribution is -0.121. The van der Waals surface area contributed by atoms with Gasteiger partial charge in [-0.05, 0) is 45.8 Å². The van der Waals surface area contributed by atoms with Gasteiger partial charge in [-0.25, -0.2) is 4.39 Å². The Kier molecular flexibility index (Phi) is 8.33. The largest absolute Gasteiger partial charge is 0.379 e. The average Bonchev–Trinajstić information content (AvgIpc) is 2.72. The van der Waals surface area contributed by atoms with Crippen molar-refractivity contribution in [3.8, 4) is 0 Å². The molecule has 1 aliphatic heterocycles. The van der Waals surface area contributed by atoms with Gasteiger partial charge in [0.25, 0.3) is 0 Å². The van der Waals surface area contributed by atoms with Crippen LogP contribution in [0.25, 0.3) is 0 Å². The number of hydrogen-bond donors (Lipinski definition) is 1. The van der Waals surface area contributed by atoms with Gasteiger partial charge in [0.2, 0.25) is 5.91 Å². The van der Waals surface area contributed by atoms with Crippen LogP contribution in [-0.2, 0) is 9.53 Å². The highest BCUT2D eigenvalue weighted by atomic mass is 79.9. The van der Waals surface area contributed by atoms with Gasteiger partial charge in [0.15, 0.2) is 0 Å². The van der Waals surface area contributed by atoms with Crippen LogP contribution in [-0.4, -0.2) is 49.4 Å². The van der Waals surface area contributed by atoms with Gasteiger partial charge in [0.1, 0.15) is 5.82 Å². The summed E-state index contributed by atoms with van der Waals surface area (Å²) in [7, 11) is 0. The van der Waals surface area contributed by atoms with Crippen LogP contribution in [0.2, 0.25) is 0 Å². The fourth-order valence-corrected chi connectivity index (χ4v) is 4.66. The van der Waals surface area contributed by atoms with Gasteiger partial charge >= 0.3 is 0 Å². The lowest BCUT2D eigenvalue weighted by atomic mass is 10.0. The number of rotatable bonds is 8. The average molecular weight is 467 g/mol. The molecule has 0 radical (unpaired) electrons. The van der Waals surface area contributed by atoms with E-state index in [1.165, 1.54) is 12.1 Å². The third kappa shape index (κ3) is 6.30. The molecule has 1 aliphatic rings. The number of amides is 1. The second-order valence-corrected chi connectivity index (χ2v) is 8.54. The Morgan fingerprint density at radius 2 is 1.89 bits per heavy atom. The minimum Gasteiger partial charge on any atom is -0.379 e. The molecule has 1 unspecified atom stereocenters. The van der Waals surface area contributed by atoms with E-state index in [0.717, 1.165) is 28.0 Å². The van der Waals surface area contributed by atoms with Gasteiger partial charge in [-0.2, -0.15) is 0 Å². The highest BCUT2D eigenvalue weighted by molar-refractivity contribution is 9.10. The first-order chi connectivity index (χ1) is 13.6. The first-order valence-corrected chi connectivity index (χ1v) is 11.1. The fraction of sp³-hybridized carbons (Fsp3) is 0.381. The number of hydrogen-bond acceptors (Lipinski definition) is 4. The molecule has 7 heteroatoms. The van der Waals surface area contributed by atoms with Crippen molar-refractivity contribution in [1.29, 1.82) is 0 Å². The van der Waals surface area contributed by atoms with E-state index >= 15 is 0 Å². The summed E-state index contributed by atoms with van der Waals surface area (Å²) in [6.45, 7) is 3.46. The SMILES string of the molecule is O=C(CCSc1ccccc1Br)NCC(c1ccc(F)cc1)N1CCOCC1. The molecule has 2 aromatic rings. The van der Waals surface area contributed by atoms with E-state index in [0.29, 0.717) is 31.9 Å². The van der Waals surface area contributed by atoms with Gasteiger partial charge < -0.3 is 10.1 Å². The van der Waals surface area contributed by atoms with Gasteiger partial charge in [0, 0.05) is 41.2 Å². The molecule has 150 valence electrons. The van der Waals surface area contributed by atoms with Crippen LogP contribution in [0.5, 0.6) is 0 Å². The van der Waals surface area contributed by atoms with Crippen LogP contribution >= 0.6 is 27.7 Å². The molecule has 4 nitrogen and oxygen atoms in total. The maximum atomic E-state index is 13.3. The number of carbonyl (C=O) groups excluding carboxylic acids is 1. The summed E-state index contributed by atoms with van der Waals surface area (Å²) in [5, 5.41) is 3.05. The molecule has 1 heterocycles. The van der Waals surface area contributed by atoms with Crippen LogP contribution in [0.1, 0.15) is 18.0 Å². The lowest BCUT2D eigenvalue weighted by Gasteiger charge is -2.35. The van der Waals surface area contributed by atoms with E-state index in [9.17, 15) is 9.18 Å². The summed E-state index contributed by atoms with van der Waals surface area (Å²) in [4.78, 5) is 15.8. The summed E-state index contributed by atoms with van der Waals surface area (Å²) in [6, 6.07) is 14.6. The lowest BCUT2D eigenvalue weighted by Crippen LogP contribution is -2.43. The Hall–Kier alpha value is -1.41. The van der Waals surface area contributed by atoms with E-state index in [4.69, 9.17) is 4.74 Å². The molecule has 3 rings (SSSR count). The maximum Gasteiger partial charge on any atom is 0.220 e. The molecule has 0 spiro atoms. The van der Waals surface area contributed by atoms with Crippen molar-refractivity contribution >= 4 is 33.6 Å². The molecule has 1 fully saturated rings. The standard InChI is InChI=1S/C21H24BrFN2O2S/c22-18-3-1-2-4-20(18)28-14-9-21(26)24-15-19(25-10-12-27-13-11-25)16-5-7-17(23)8-6-16/h1-8,19H,9-15H2,(H,24,26). The topological polar surface area (TPSA) is 41.6 Å². The summed E-state index contributed by atoms with van der Waals surface area (Å²) in [6.07, 6.45) is 0.450. The summed E-state index contributed by atoms with van der Waals surface area (Å²) in [5.41, 5.74) is 1.01. The monoisotopic (exact) mass is 466 g/mol. The van der Waals surface area contributed by atoms with Crippen molar-refractivity contribution in [2.24, 2.45) is 0 Å². The maximum absolute atomic E-state index is 13.3. The smallest absolute Gasteiger partial charge is 0.220 e. The number of benzene rings is 2. The molecule has 0 saturated carbocycles. The van der Waals surface area contributed by atoms with Crippen molar-refractivity contribution in [3.63, 3.8) is 0 Å². The minimum absolute atomic E-state index is 0.0179. The Balaban J connectivity index is 1.53. The third-order valence-electron chi connectivity index (χ3n) is 4.66. The quantitative estimate of drug-likeness (QED) is 0.590. The zero-order valence-corrected chi connectivity index (χ0v) is 18.0. The van der Waals surface area contributed by atoms with Crippen LogP contribution in [0.3, 0.4) is 0 Å². The molecule has 1 atom stereocenters. The van der Waals surface area contributed by atoms with Gasteiger partial charge in [0.05, 0.1) is 19.3 Å². The summed E-state index contributed by atoms with van der Waals surface area (Å²) in [5.74, 6) is 0.491. The third-order valence-corrected chi connectivity index (χ3v) is 6.69. The van der Waals surface area contributed by atoms with Crippen LogP contribution in [0.4, 0.5) is 4.39 Å². The Bertz CT molecular complexity index is 769. The van der Waals surface area contributed by atoms with Crippen molar-refractivity contribution in [2.45, 2.75) is 17.4 Å². The number of carbonyl (C=O) groups is 1. The first kappa shape index (κ1) is 21.3. The second-order valence-electron chi connectivity index (χ2n) is 6.55. The fourth-order valence-electron chi connectivity index (χ4n) is 3.15. The van der Waals surface area contributed by atoms with E-state index in [2.05, 4.69) is 26.1 Å². The number of nitrogens with one attached hydrogen (secondary N) is 1. The van der Waals surface area contributed by atoms with Crippen molar-refractivity contribution in [1.82, 2.24) is 10.2 Å². The van der Waals surface area contributed by atoms with E-state index in [-0.39, 0.29) is 17.8 Å². The Morgan fingerprint density at radius 3 is 2.61 bits per heavy atom. The summed E-state index contributed by atoms with van der Waals surface area (Å²) < 4.78 is 19.8. The molecular formula is C21H24BrFN2O2S.